The molecule has 4 heteroatoms. The fourth-order valence-corrected chi connectivity index (χ4v) is 2.43. The summed E-state index contributed by atoms with van der Waals surface area (Å²) in [7, 11) is 0. The second kappa shape index (κ2) is 4.49. The van der Waals surface area contributed by atoms with Crippen molar-refractivity contribution in [3.63, 3.8) is 0 Å². The molecule has 4 unspecified atom stereocenters. The van der Waals surface area contributed by atoms with Crippen LogP contribution in [0.15, 0.2) is 0 Å². The van der Waals surface area contributed by atoms with Gasteiger partial charge >= 0.3 is 0 Å². The standard InChI is InChI=1S/C11H20N2O2/c1-7(12)2-5-11(14)13-9-6-8-3-4-10(9)15-8/h7-10H,2-6,12H2,1H3,(H,13,14). The minimum Gasteiger partial charge on any atom is -0.373 e. The molecule has 0 saturated carbocycles. The molecular weight excluding hydrogens is 192 g/mol. The van der Waals surface area contributed by atoms with Gasteiger partial charge in [0.2, 0.25) is 5.91 Å². The lowest BCUT2D eigenvalue weighted by molar-refractivity contribution is -0.122. The van der Waals surface area contributed by atoms with Crippen molar-refractivity contribution >= 4 is 5.91 Å². The molecule has 3 N–H and O–H groups in total. The predicted octanol–water partition coefficient (Wildman–Crippen LogP) is 0.550. The van der Waals surface area contributed by atoms with Gasteiger partial charge in [0.25, 0.3) is 0 Å². The van der Waals surface area contributed by atoms with E-state index in [2.05, 4.69) is 5.32 Å². The van der Waals surface area contributed by atoms with E-state index in [-0.39, 0.29) is 24.1 Å². The molecule has 15 heavy (non-hydrogen) atoms. The molecule has 2 heterocycles. The maximum absolute atomic E-state index is 11.6. The van der Waals surface area contributed by atoms with Crippen molar-refractivity contribution in [2.75, 3.05) is 0 Å². The zero-order valence-corrected chi connectivity index (χ0v) is 9.24. The SMILES string of the molecule is CC(N)CCC(=O)NC1CC2CCC1O2. The number of carbonyl (C=O) groups is 1. The van der Waals surface area contributed by atoms with Crippen molar-refractivity contribution in [2.45, 2.75) is 63.3 Å². The van der Waals surface area contributed by atoms with E-state index in [1.54, 1.807) is 0 Å². The Balaban J connectivity index is 1.71. The van der Waals surface area contributed by atoms with Gasteiger partial charge in [0.15, 0.2) is 0 Å². The predicted molar refractivity (Wildman–Crippen MR) is 57.3 cm³/mol. The third kappa shape index (κ3) is 2.69. The monoisotopic (exact) mass is 212 g/mol. The molecule has 86 valence electrons. The first-order valence-corrected chi connectivity index (χ1v) is 5.85. The Kier molecular flexibility index (Phi) is 3.26. The van der Waals surface area contributed by atoms with Gasteiger partial charge in [-0.2, -0.15) is 0 Å². The molecule has 2 fully saturated rings. The highest BCUT2D eigenvalue weighted by Gasteiger charge is 2.41. The number of carbonyl (C=O) groups excluding carboxylic acids is 1. The lowest BCUT2D eigenvalue weighted by Crippen LogP contribution is -2.41. The molecule has 2 rings (SSSR count). The van der Waals surface area contributed by atoms with Crippen LogP contribution in [0.2, 0.25) is 0 Å². The van der Waals surface area contributed by atoms with Crippen molar-refractivity contribution in [3.05, 3.63) is 0 Å². The summed E-state index contributed by atoms with van der Waals surface area (Å²) in [5, 5.41) is 3.05. The molecule has 1 amide bonds. The topological polar surface area (TPSA) is 64.4 Å². The quantitative estimate of drug-likeness (QED) is 0.715. The van der Waals surface area contributed by atoms with Gasteiger partial charge in [-0.05, 0) is 32.6 Å². The summed E-state index contributed by atoms with van der Waals surface area (Å²) >= 11 is 0. The highest BCUT2D eigenvalue weighted by molar-refractivity contribution is 5.76. The first kappa shape index (κ1) is 10.9. The van der Waals surface area contributed by atoms with Gasteiger partial charge in [-0.1, -0.05) is 0 Å². The zero-order valence-electron chi connectivity index (χ0n) is 9.24. The van der Waals surface area contributed by atoms with Gasteiger partial charge < -0.3 is 15.8 Å². The second-order valence-electron chi connectivity index (χ2n) is 4.80. The molecule has 2 bridgehead atoms. The van der Waals surface area contributed by atoms with Gasteiger partial charge in [0.05, 0.1) is 18.2 Å². The molecule has 4 nitrogen and oxygen atoms in total. The third-order valence-electron chi connectivity index (χ3n) is 3.28. The van der Waals surface area contributed by atoms with Crippen LogP contribution in [0.1, 0.15) is 39.0 Å². The van der Waals surface area contributed by atoms with Crippen molar-refractivity contribution in [2.24, 2.45) is 5.73 Å². The molecule has 0 aromatic rings. The maximum atomic E-state index is 11.6. The van der Waals surface area contributed by atoms with Crippen LogP contribution in [-0.2, 0) is 9.53 Å². The van der Waals surface area contributed by atoms with Crippen LogP contribution in [0.3, 0.4) is 0 Å². The Morgan fingerprint density at radius 1 is 1.60 bits per heavy atom. The number of nitrogens with two attached hydrogens (primary N) is 1. The van der Waals surface area contributed by atoms with E-state index in [1.807, 2.05) is 6.92 Å². The molecule has 0 aromatic heterocycles. The van der Waals surface area contributed by atoms with Gasteiger partial charge in [0.1, 0.15) is 0 Å². The van der Waals surface area contributed by atoms with Crippen LogP contribution in [0.4, 0.5) is 0 Å². The van der Waals surface area contributed by atoms with E-state index in [1.165, 1.54) is 0 Å². The van der Waals surface area contributed by atoms with E-state index in [9.17, 15) is 4.79 Å². The molecule has 2 aliphatic heterocycles. The van der Waals surface area contributed by atoms with Crippen LogP contribution in [0.5, 0.6) is 0 Å². The van der Waals surface area contributed by atoms with Crippen molar-refractivity contribution < 1.29 is 9.53 Å². The van der Waals surface area contributed by atoms with Gasteiger partial charge in [-0.25, -0.2) is 0 Å². The molecule has 0 spiro atoms. The zero-order chi connectivity index (χ0) is 10.8. The smallest absolute Gasteiger partial charge is 0.220 e. The van der Waals surface area contributed by atoms with E-state index < -0.39 is 0 Å². The van der Waals surface area contributed by atoms with Crippen LogP contribution in [-0.4, -0.2) is 30.2 Å². The lowest BCUT2D eigenvalue weighted by Gasteiger charge is -2.20. The van der Waals surface area contributed by atoms with Crippen LogP contribution < -0.4 is 11.1 Å². The first-order valence-electron chi connectivity index (χ1n) is 5.85. The van der Waals surface area contributed by atoms with Gasteiger partial charge in [-0.15, -0.1) is 0 Å². The van der Waals surface area contributed by atoms with Crippen LogP contribution in [0, 0.1) is 0 Å². The molecule has 2 saturated heterocycles. The Morgan fingerprint density at radius 3 is 2.93 bits per heavy atom. The van der Waals surface area contributed by atoms with Gasteiger partial charge in [0, 0.05) is 12.5 Å². The fraction of sp³-hybridized carbons (Fsp3) is 0.909. The summed E-state index contributed by atoms with van der Waals surface area (Å²) in [4.78, 5) is 11.6. The largest absolute Gasteiger partial charge is 0.373 e. The van der Waals surface area contributed by atoms with Crippen LogP contribution >= 0.6 is 0 Å². The number of nitrogens with one attached hydrogen (secondary N) is 1. The first-order chi connectivity index (χ1) is 7.15. The highest BCUT2D eigenvalue weighted by atomic mass is 16.5. The summed E-state index contributed by atoms with van der Waals surface area (Å²) in [5.74, 6) is 0.119. The molecule has 4 atom stereocenters. The average Bonchev–Trinajstić information content (AvgIpc) is 2.76. The summed E-state index contributed by atoms with van der Waals surface area (Å²) in [6, 6.07) is 0.358. The number of rotatable bonds is 4. The summed E-state index contributed by atoms with van der Waals surface area (Å²) < 4.78 is 5.67. The summed E-state index contributed by atoms with van der Waals surface area (Å²) in [6.07, 6.45) is 5.22. The van der Waals surface area contributed by atoms with Crippen molar-refractivity contribution in [1.82, 2.24) is 5.32 Å². The fourth-order valence-electron chi connectivity index (χ4n) is 2.43. The molecule has 0 aliphatic carbocycles. The van der Waals surface area contributed by atoms with E-state index >= 15 is 0 Å². The Bertz CT molecular complexity index is 243. The molecule has 2 aliphatic rings. The summed E-state index contributed by atoms with van der Waals surface area (Å²) in [6.45, 7) is 1.92. The summed E-state index contributed by atoms with van der Waals surface area (Å²) in [5.41, 5.74) is 5.60. The number of ether oxygens (including phenoxy) is 1. The van der Waals surface area contributed by atoms with E-state index in [4.69, 9.17) is 10.5 Å². The minimum atomic E-state index is 0.104. The number of hydrogen-bond donors (Lipinski definition) is 2. The highest BCUT2D eigenvalue weighted by Crippen LogP contribution is 2.34. The Morgan fingerprint density at radius 2 is 2.40 bits per heavy atom. The molecule has 0 radical (unpaired) electrons. The van der Waals surface area contributed by atoms with Crippen LogP contribution in [0.25, 0.3) is 0 Å². The van der Waals surface area contributed by atoms with Gasteiger partial charge in [-0.3, -0.25) is 4.79 Å². The average molecular weight is 212 g/mol. The third-order valence-corrected chi connectivity index (χ3v) is 3.28. The number of fused-ring (bicyclic) bond motifs is 2. The maximum Gasteiger partial charge on any atom is 0.220 e. The minimum absolute atomic E-state index is 0.104. The molecule has 0 aromatic carbocycles. The van der Waals surface area contributed by atoms with Crippen molar-refractivity contribution in [3.8, 4) is 0 Å². The number of hydrogen-bond acceptors (Lipinski definition) is 3. The van der Waals surface area contributed by atoms with Crippen molar-refractivity contribution in [1.29, 1.82) is 0 Å². The normalized spacial score (nSPS) is 35.5. The Hall–Kier alpha value is -0.610. The number of amides is 1. The second-order valence-corrected chi connectivity index (χ2v) is 4.80. The Labute approximate surface area is 90.5 Å². The van der Waals surface area contributed by atoms with E-state index in [0.29, 0.717) is 12.5 Å². The lowest BCUT2D eigenvalue weighted by atomic mass is 9.95. The van der Waals surface area contributed by atoms with E-state index in [0.717, 1.165) is 25.7 Å². The molecular formula is C11H20N2O2.